The first-order valence-corrected chi connectivity index (χ1v) is 9.53. The van der Waals surface area contributed by atoms with E-state index in [-0.39, 0.29) is 22.3 Å². The Hall–Kier alpha value is -3.80. The van der Waals surface area contributed by atoms with Crippen LogP contribution in [0.2, 0.25) is 0 Å². The van der Waals surface area contributed by atoms with E-state index in [1.54, 1.807) is 42.6 Å². The van der Waals surface area contributed by atoms with E-state index < -0.39 is 17.8 Å². The zero-order chi connectivity index (χ0) is 21.0. The van der Waals surface area contributed by atoms with Gasteiger partial charge in [-0.25, -0.2) is 9.37 Å². The van der Waals surface area contributed by atoms with E-state index in [0.717, 1.165) is 11.1 Å². The monoisotopic (exact) mass is 400 g/mol. The highest BCUT2D eigenvalue weighted by molar-refractivity contribution is 6.10. The maximum Gasteiger partial charge on any atom is 0.296 e. The van der Waals surface area contributed by atoms with E-state index in [2.05, 4.69) is 4.98 Å². The third-order valence-electron chi connectivity index (χ3n) is 5.37. The van der Waals surface area contributed by atoms with Gasteiger partial charge in [-0.15, -0.1) is 0 Å². The Labute approximate surface area is 171 Å². The van der Waals surface area contributed by atoms with E-state index >= 15 is 0 Å². The van der Waals surface area contributed by atoms with Gasteiger partial charge in [0.15, 0.2) is 5.43 Å². The molecule has 1 atom stereocenters. The Morgan fingerprint density at radius 1 is 1.00 bits per heavy atom. The summed E-state index contributed by atoms with van der Waals surface area (Å²) in [5.74, 6) is -0.782. The molecule has 30 heavy (non-hydrogen) atoms. The van der Waals surface area contributed by atoms with E-state index in [1.807, 2.05) is 26.0 Å². The lowest BCUT2D eigenvalue weighted by Crippen LogP contribution is -2.30. The Kier molecular flexibility index (Phi) is 4.03. The van der Waals surface area contributed by atoms with Crippen molar-refractivity contribution >= 4 is 22.7 Å². The van der Waals surface area contributed by atoms with Crippen molar-refractivity contribution in [1.29, 1.82) is 0 Å². The Morgan fingerprint density at radius 2 is 1.77 bits per heavy atom. The first-order valence-electron chi connectivity index (χ1n) is 9.53. The van der Waals surface area contributed by atoms with Crippen molar-refractivity contribution in [3.8, 4) is 0 Å². The number of pyridine rings is 1. The Morgan fingerprint density at radius 3 is 2.50 bits per heavy atom. The number of anilines is 1. The largest absolute Gasteiger partial charge is 0.450 e. The van der Waals surface area contributed by atoms with Crippen LogP contribution in [0, 0.1) is 19.7 Å². The van der Waals surface area contributed by atoms with Gasteiger partial charge in [-0.1, -0.05) is 35.9 Å². The normalized spacial score (nSPS) is 15.6. The summed E-state index contributed by atoms with van der Waals surface area (Å²) < 4.78 is 20.7. The van der Waals surface area contributed by atoms with Crippen molar-refractivity contribution in [2.24, 2.45) is 0 Å². The van der Waals surface area contributed by atoms with Gasteiger partial charge < -0.3 is 4.42 Å². The molecule has 3 heterocycles. The highest BCUT2D eigenvalue weighted by atomic mass is 19.1. The van der Waals surface area contributed by atoms with E-state index in [9.17, 15) is 14.0 Å². The number of carbonyl (C=O) groups excluding carboxylic acids is 1. The minimum absolute atomic E-state index is 0.0769. The predicted molar refractivity (Wildman–Crippen MR) is 111 cm³/mol. The van der Waals surface area contributed by atoms with Crippen LogP contribution in [0.1, 0.15) is 38.9 Å². The molecule has 1 amide bonds. The lowest BCUT2D eigenvalue weighted by atomic mass is 9.97. The molecule has 0 spiro atoms. The van der Waals surface area contributed by atoms with Crippen LogP contribution in [0.15, 0.2) is 70.0 Å². The molecule has 5 rings (SSSR count). The lowest BCUT2D eigenvalue weighted by Gasteiger charge is -2.24. The van der Waals surface area contributed by atoms with Crippen LogP contribution in [0.25, 0.3) is 11.0 Å². The summed E-state index contributed by atoms with van der Waals surface area (Å²) in [4.78, 5) is 32.5. The smallest absolute Gasteiger partial charge is 0.296 e. The molecule has 1 unspecified atom stereocenters. The second-order valence-corrected chi connectivity index (χ2v) is 7.47. The number of carbonyl (C=O) groups is 1. The number of hydrogen-bond donors (Lipinski definition) is 0. The fraction of sp³-hybridized carbons (Fsp3) is 0.125. The molecule has 0 saturated heterocycles. The maximum atomic E-state index is 14.8. The third kappa shape index (κ3) is 2.64. The van der Waals surface area contributed by atoms with Crippen LogP contribution in [-0.2, 0) is 0 Å². The molecule has 1 aliphatic rings. The number of halogens is 1. The summed E-state index contributed by atoms with van der Waals surface area (Å²) in [6.45, 7) is 3.75. The van der Waals surface area contributed by atoms with Crippen LogP contribution in [0.5, 0.6) is 0 Å². The quantitative estimate of drug-likeness (QED) is 0.490. The van der Waals surface area contributed by atoms with Gasteiger partial charge in [0.2, 0.25) is 5.76 Å². The molecule has 148 valence electrons. The van der Waals surface area contributed by atoms with Gasteiger partial charge in [0, 0.05) is 11.8 Å². The fourth-order valence-electron chi connectivity index (χ4n) is 3.92. The minimum atomic E-state index is -0.968. The number of amides is 1. The molecule has 5 nitrogen and oxygen atoms in total. The molecule has 2 aromatic heterocycles. The molecule has 0 aliphatic carbocycles. The molecule has 0 saturated carbocycles. The molecule has 2 aromatic carbocycles. The molecule has 4 aromatic rings. The zero-order valence-electron chi connectivity index (χ0n) is 16.3. The molecule has 0 N–H and O–H groups in total. The number of benzene rings is 2. The number of nitrogens with zero attached hydrogens (tertiary/aromatic N) is 2. The van der Waals surface area contributed by atoms with Gasteiger partial charge >= 0.3 is 0 Å². The predicted octanol–water partition coefficient (Wildman–Crippen LogP) is 4.69. The summed E-state index contributed by atoms with van der Waals surface area (Å²) in [5.41, 5.74) is 2.13. The second kappa shape index (κ2) is 6.62. The number of aryl methyl sites for hydroxylation is 2. The summed E-state index contributed by atoms with van der Waals surface area (Å²) in [6, 6.07) is 13.9. The standard InChI is InChI=1S/C24H17FN2O3/c1-13-7-9-18-16(11-13)22(28)20-21(15-5-3-4-6-17(15)25)27(24(29)23(20)30-18)19-10-8-14(2)12-26-19/h3-12,21H,1-2H3. The molecule has 0 bridgehead atoms. The van der Waals surface area contributed by atoms with Crippen molar-refractivity contribution in [3.63, 3.8) is 0 Å². The molecule has 6 heteroatoms. The van der Waals surface area contributed by atoms with E-state index in [1.165, 1.54) is 11.0 Å². The van der Waals surface area contributed by atoms with Crippen LogP contribution in [-0.4, -0.2) is 10.9 Å². The lowest BCUT2D eigenvalue weighted by molar-refractivity contribution is 0.0970. The summed E-state index contributed by atoms with van der Waals surface area (Å²) >= 11 is 0. The topological polar surface area (TPSA) is 63.4 Å². The molecule has 0 radical (unpaired) electrons. The van der Waals surface area contributed by atoms with Crippen LogP contribution < -0.4 is 10.3 Å². The van der Waals surface area contributed by atoms with Gasteiger partial charge in [0.25, 0.3) is 5.91 Å². The number of aromatic nitrogens is 1. The van der Waals surface area contributed by atoms with Crippen LogP contribution in [0.4, 0.5) is 10.2 Å². The summed E-state index contributed by atoms with van der Waals surface area (Å²) in [6.07, 6.45) is 1.62. The molecule has 0 fully saturated rings. The summed E-state index contributed by atoms with van der Waals surface area (Å²) in [5, 5.41) is 0.363. The van der Waals surface area contributed by atoms with Gasteiger partial charge in [0.05, 0.1) is 17.0 Å². The Bertz CT molecular complexity index is 1380. The number of hydrogen-bond acceptors (Lipinski definition) is 4. The first-order chi connectivity index (χ1) is 14.5. The van der Waals surface area contributed by atoms with Crippen molar-refractivity contribution in [1.82, 2.24) is 4.98 Å². The Balaban J connectivity index is 1.84. The fourth-order valence-corrected chi connectivity index (χ4v) is 3.92. The van der Waals surface area contributed by atoms with Crippen molar-refractivity contribution < 1.29 is 13.6 Å². The number of fused-ring (bicyclic) bond motifs is 2. The van der Waals surface area contributed by atoms with E-state index in [4.69, 9.17) is 4.42 Å². The average molecular weight is 400 g/mol. The zero-order valence-corrected chi connectivity index (χ0v) is 16.3. The van der Waals surface area contributed by atoms with Gasteiger partial charge in [-0.3, -0.25) is 14.5 Å². The maximum absolute atomic E-state index is 14.8. The third-order valence-corrected chi connectivity index (χ3v) is 5.37. The highest BCUT2D eigenvalue weighted by Crippen LogP contribution is 2.41. The molecule has 1 aliphatic heterocycles. The van der Waals surface area contributed by atoms with Gasteiger partial charge in [0.1, 0.15) is 17.2 Å². The van der Waals surface area contributed by atoms with Crippen molar-refractivity contribution in [3.05, 3.63) is 105 Å². The number of rotatable bonds is 2. The highest BCUT2D eigenvalue weighted by Gasteiger charge is 2.45. The first kappa shape index (κ1) is 18.2. The van der Waals surface area contributed by atoms with Gasteiger partial charge in [-0.2, -0.15) is 0 Å². The van der Waals surface area contributed by atoms with Gasteiger partial charge in [-0.05, 0) is 43.7 Å². The average Bonchev–Trinajstić information content (AvgIpc) is 3.02. The SMILES string of the molecule is Cc1ccc(N2C(=O)c3oc4ccc(C)cc4c(=O)c3C2c2ccccc2F)nc1. The minimum Gasteiger partial charge on any atom is -0.450 e. The molecular weight excluding hydrogens is 383 g/mol. The van der Waals surface area contributed by atoms with E-state index in [0.29, 0.717) is 16.8 Å². The second-order valence-electron chi connectivity index (χ2n) is 7.47. The van der Waals surface area contributed by atoms with Crippen molar-refractivity contribution in [2.45, 2.75) is 19.9 Å². The van der Waals surface area contributed by atoms with Crippen LogP contribution >= 0.6 is 0 Å². The molecular formula is C24H17FN2O3. The van der Waals surface area contributed by atoms with Crippen LogP contribution in [0.3, 0.4) is 0 Å². The van der Waals surface area contributed by atoms with Crippen molar-refractivity contribution in [2.75, 3.05) is 4.90 Å². The summed E-state index contributed by atoms with van der Waals surface area (Å²) in [7, 11) is 0.